The lowest BCUT2D eigenvalue weighted by Gasteiger charge is -2.33. The summed E-state index contributed by atoms with van der Waals surface area (Å²) in [4.78, 5) is 30.8. The van der Waals surface area contributed by atoms with Gasteiger partial charge in [-0.2, -0.15) is 0 Å². The molecular weight excluding hydrogens is 242 g/mol. The van der Waals surface area contributed by atoms with Crippen molar-refractivity contribution in [2.24, 2.45) is 0 Å². The Bertz CT molecular complexity index is 477. The molecule has 0 bridgehead atoms. The van der Waals surface area contributed by atoms with Crippen molar-refractivity contribution in [1.29, 1.82) is 0 Å². The van der Waals surface area contributed by atoms with E-state index < -0.39 is 0 Å². The van der Waals surface area contributed by atoms with Gasteiger partial charge in [0.15, 0.2) is 0 Å². The monoisotopic (exact) mass is 259 g/mol. The van der Waals surface area contributed by atoms with Crippen LogP contribution in [0.25, 0.3) is 6.08 Å². The molecule has 2 rings (SSSR count). The first-order chi connectivity index (χ1) is 9.16. The molecule has 1 aromatic rings. The first-order valence-electron chi connectivity index (χ1n) is 6.30. The number of carbonyl (C=O) groups excluding carboxylic acids is 2. The van der Waals surface area contributed by atoms with E-state index in [9.17, 15) is 9.59 Å². The van der Waals surface area contributed by atoms with E-state index in [1.165, 1.54) is 6.08 Å². The number of nitrogens with zero attached hydrogens (tertiary/aromatic N) is 3. The summed E-state index contributed by atoms with van der Waals surface area (Å²) in [6.45, 7) is 3.95. The fourth-order valence-corrected chi connectivity index (χ4v) is 1.98. The molecule has 0 aromatic carbocycles. The van der Waals surface area contributed by atoms with Gasteiger partial charge in [0.2, 0.25) is 11.8 Å². The molecule has 100 valence electrons. The summed E-state index contributed by atoms with van der Waals surface area (Å²) in [5.41, 5.74) is 0.762. The van der Waals surface area contributed by atoms with Crippen LogP contribution in [-0.2, 0) is 9.59 Å². The van der Waals surface area contributed by atoms with Crippen LogP contribution in [0.1, 0.15) is 12.6 Å². The number of carbonyl (C=O) groups is 2. The minimum Gasteiger partial charge on any atom is -0.339 e. The van der Waals surface area contributed by atoms with Crippen LogP contribution < -0.4 is 0 Å². The lowest BCUT2D eigenvalue weighted by Crippen LogP contribution is -2.49. The van der Waals surface area contributed by atoms with Gasteiger partial charge in [-0.1, -0.05) is 6.07 Å². The third-order valence-corrected chi connectivity index (χ3v) is 3.12. The van der Waals surface area contributed by atoms with Crippen LogP contribution >= 0.6 is 0 Å². The van der Waals surface area contributed by atoms with Crippen molar-refractivity contribution < 1.29 is 9.59 Å². The number of pyridine rings is 1. The van der Waals surface area contributed by atoms with Crippen molar-refractivity contribution in [3.63, 3.8) is 0 Å². The van der Waals surface area contributed by atoms with Gasteiger partial charge < -0.3 is 9.80 Å². The maximum Gasteiger partial charge on any atom is 0.246 e. The summed E-state index contributed by atoms with van der Waals surface area (Å²) in [7, 11) is 0. The summed E-state index contributed by atoms with van der Waals surface area (Å²) in [5.74, 6) is 0.0324. The van der Waals surface area contributed by atoms with Crippen LogP contribution in [0.15, 0.2) is 30.5 Å². The van der Waals surface area contributed by atoms with Gasteiger partial charge in [-0.05, 0) is 18.2 Å². The van der Waals surface area contributed by atoms with Gasteiger partial charge in [-0.3, -0.25) is 14.6 Å². The zero-order valence-corrected chi connectivity index (χ0v) is 11.0. The van der Waals surface area contributed by atoms with E-state index in [-0.39, 0.29) is 11.8 Å². The average Bonchev–Trinajstić information content (AvgIpc) is 2.46. The predicted molar refractivity (Wildman–Crippen MR) is 72.1 cm³/mol. The van der Waals surface area contributed by atoms with Gasteiger partial charge >= 0.3 is 0 Å². The molecular formula is C14H17N3O2. The molecule has 0 unspecified atom stereocenters. The molecule has 1 saturated heterocycles. The third kappa shape index (κ3) is 3.64. The van der Waals surface area contributed by atoms with E-state index in [0.29, 0.717) is 26.2 Å². The van der Waals surface area contributed by atoms with Crippen LogP contribution in [-0.4, -0.2) is 52.8 Å². The molecule has 5 nitrogen and oxygen atoms in total. The van der Waals surface area contributed by atoms with Crippen LogP contribution in [0.4, 0.5) is 0 Å². The maximum absolute atomic E-state index is 12.0. The summed E-state index contributed by atoms with van der Waals surface area (Å²) < 4.78 is 0. The highest BCUT2D eigenvalue weighted by molar-refractivity contribution is 5.91. The van der Waals surface area contributed by atoms with E-state index in [2.05, 4.69) is 4.98 Å². The first-order valence-corrected chi connectivity index (χ1v) is 6.30. The summed E-state index contributed by atoms with van der Waals surface area (Å²) >= 11 is 0. The fraction of sp³-hybridized carbons (Fsp3) is 0.357. The van der Waals surface area contributed by atoms with Crippen molar-refractivity contribution >= 4 is 17.9 Å². The Morgan fingerprint density at radius 1 is 1.16 bits per heavy atom. The lowest BCUT2D eigenvalue weighted by molar-refractivity contribution is -0.135. The molecule has 2 heterocycles. The van der Waals surface area contributed by atoms with Crippen LogP contribution in [0, 0.1) is 0 Å². The third-order valence-electron chi connectivity index (χ3n) is 3.12. The van der Waals surface area contributed by atoms with Gasteiger partial charge in [0, 0.05) is 45.4 Å². The Morgan fingerprint density at radius 2 is 1.84 bits per heavy atom. The molecule has 0 atom stereocenters. The van der Waals surface area contributed by atoms with Gasteiger partial charge in [-0.25, -0.2) is 0 Å². The molecule has 0 spiro atoms. The lowest BCUT2D eigenvalue weighted by atomic mass is 10.2. The number of rotatable bonds is 2. The predicted octanol–water partition coefficient (Wildman–Crippen LogP) is 0.786. The maximum atomic E-state index is 12.0. The summed E-state index contributed by atoms with van der Waals surface area (Å²) in [5, 5.41) is 0. The van der Waals surface area contributed by atoms with Crippen molar-refractivity contribution in [2.75, 3.05) is 26.2 Å². The molecule has 5 heteroatoms. The van der Waals surface area contributed by atoms with Crippen molar-refractivity contribution in [3.05, 3.63) is 36.2 Å². The Morgan fingerprint density at radius 3 is 2.42 bits per heavy atom. The van der Waals surface area contributed by atoms with E-state index in [4.69, 9.17) is 0 Å². The molecule has 0 aliphatic carbocycles. The Labute approximate surface area is 112 Å². The Balaban J connectivity index is 1.88. The Hall–Kier alpha value is -2.17. The molecule has 0 N–H and O–H groups in total. The summed E-state index contributed by atoms with van der Waals surface area (Å²) in [6, 6.07) is 5.56. The standard InChI is InChI=1S/C14H17N3O2/c1-12(18)16-8-10-17(11-9-16)14(19)6-5-13-4-2-3-7-15-13/h2-7H,8-11H2,1H3/b6-5+. The normalized spacial score (nSPS) is 15.8. The molecule has 1 aliphatic heterocycles. The second-order valence-corrected chi connectivity index (χ2v) is 4.42. The molecule has 0 radical (unpaired) electrons. The number of amides is 2. The average molecular weight is 259 g/mol. The highest BCUT2D eigenvalue weighted by Crippen LogP contribution is 2.04. The number of hydrogen-bond donors (Lipinski definition) is 0. The molecule has 1 aromatic heterocycles. The van der Waals surface area contributed by atoms with Crippen LogP contribution in [0.3, 0.4) is 0 Å². The molecule has 0 saturated carbocycles. The van der Waals surface area contributed by atoms with E-state index in [1.54, 1.807) is 29.0 Å². The number of aromatic nitrogens is 1. The first kappa shape index (κ1) is 13.3. The Kier molecular flexibility index (Phi) is 4.28. The van der Waals surface area contributed by atoms with Crippen LogP contribution in [0.2, 0.25) is 0 Å². The van der Waals surface area contributed by atoms with Gasteiger partial charge in [0.25, 0.3) is 0 Å². The van der Waals surface area contributed by atoms with Crippen LogP contribution in [0.5, 0.6) is 0 Å². The minimum absolute atomic E-state index is 0.0335. The zero-order valence-electron chi connectivity index (χ0n) is 11.0. The number of hydrogen-bond acceptors (Lipinski definition) is 3. The SMILES string of the molecule is CC(=O)N1CCN(C(=O)/C=C/c2ccccn2)CC1. The van der Waals surface area contributed by atoms with Crippen molar-refractivity contribution in [1.82, 2.24) is 14.8 Å². The fourth-order valence-electron chi connectivity index (χ4n) is 1.98. The quantitative estimate of drug-likeness (QED) is 0.738. The van der Waals surface area contributed by atoms with Gasteiger partial charge in [-0.15, -0.1) is 0 Å². The molecule has 1 aliphatic rings. The molecule has 19 heavy (non-hydrogen) atoms. The van der Waals surface area contributed by atoms with E-state index in [0.717, 1.165) is 5.69 Å². The number of piperazine rings is 1. The molecule has 2 amide bonds. The van der Waals surface area contributed by atoms with Gasteiger partial charge in [0.05, 0.1) is 5.69 Å². The zero-order chi connectivity index (χ0) is 13.7. The van der Waals surface area contributed by atoms with Crippen molar-refractivity contribution in [3.8, 4) is 0 Å². The summed E-state index contributed by atoms with van der Waals surface area (Å²) in [6.07, 6.45) is 4.93. The minimum atomic E-state index is -0.0335. The second-order valence-electron chi connectivity index (χ2n) is 4.42. The van der Waals surface area contributed by atoms with Gasteiger partial charge in [0.1, 0.15) is 0 Å². The highest BCUT2D eigenvalue weighted by Gasteiger charge is 2.20. The van der Waals surface area contributed by atoms with E-state index >= 15 is 0 Å². The van der Waals surface area contributed by atoms with Crippen molar-refractivity contribution in [2.45, 2.75) is 6.92 Å². The second kappa shape index (κ2) is 6.13. The highest BCUT2D eigenvalue weighted by atomic mass is 16.2. The molecule has 1 fully saturated rings. The topological polar surface area (TPSA) is 53.5 Å². The smallest absolute Gasteiger partial charge is 0.246 e. The largest absolute Gasteiger partial charge is 0.339 e. The van der Waals surface area contributed by atoms with E-state index in [1.807, 2.05) is 18.2 Å².